The lowest BCUT2D eigenvalue weighted by atomic mass is 10.2. The molecule has 0 unspecified atom stereocenters. The van der Waals surface area contributed by atoms with Gasteiger partial charge in [-0.1, -0.05) is 18.3 Å². The molecule has 25 heavy (non-hydrogen) atoms. The van der Waals surface area contributed by atoms with Crippen LogP contribution in [0.1, 0.15) is 24.5 Å². The lowest BCUT2D eigenvalue weighted by Gasteiger charge is -2.03. The molecule has 8 heteroatoms. The van der Waals surface area contributed by atoms with Gasteiger partial charge >= 0.3 is 0 Å². The maximum atomic E-state index is 12.1. The van der Waals surface area contributed by atoms with Gasteiger partial charge in [0, 0.05) is 10.9 Å². The van der Waals surface area contributed by atoms with E-state index < -0.39 is 0 Å². The molecule has 0 fully saturated rings. The van der Waals surface area contributed by atoms with Crippen molar-refractivity contribution in [2.45, 2.75) is 26.7 Å². The largest absolute Gasteiger partial charge is 0.494 e. The number of hydrogen-bond acceptors (Lipinski definition) is 7. The molecule has 0 aliphatic heterocycles. The topological polar surface area (TPSA) is 77.0 Å². The van der Waals surface area contributed by atoms with E-state index in [1.54, 1.807) is 0 Å². The average Bonchev–Trinajstić information content (AvgIpc) is 3.25. The summed E-state index contributed by atoms with van der Waals surface area (Å²) in [6.45, 7) is 4.60. The van der Waals surface area contributed by atoms with E-state index in [0.717, 1.165) is 33.4 Å². The van der Waals surface area contributed by atoms with Crippen LogP contribution in [0.25, 0.3) is 10.6 Å². The summed E-state index contributed by atoms with van der Waals surface area (Å²) < 4.78 is 5.44. The first-order valence-corrected chi connectivity index (χ1v) is 9.67. The predicted molar refractivity (Wildman–Crippen MR) is 100 cm³/mol. The van der Waals surface area contributed by atoms with Crippen LogP contribution < -0.4 is 10.1 Å². The Morgan fingerprint density at radius 2 is 2.00 bits per heavy atom. The predicted octanol–water partition coefficient (Wildman–Crippen LogP) is 3.80. The van der Waals surface area contributed by atoms with E-state index in [1.807, 2.05) is 43.5 Å². The zero-order chi connectivity index (χ0) is 17.6. The van der Waals surface area contributed by atoms with E-state index in [2.05, 4.69) is 20.5 Å². The Bertz CT molecular complexity index is 842. The monoisotopic (exact) mass is 374 g/mol. The third-order valence-electron chi connectivity index (χ3n) is 3.32. The van der Waals surface area contributed by atoms with Crippen molar-refractivity contribution in [3.8, 4) is 16.3 Å². The van der Waals surface area contributed by atoms with E-state index in [0.29, 0.717) is 11.7 Å². The summed E-state index contributed by atoms with van der Waals surface area (Å²) in [6, 6.07) is 7.79. The maximum Gasteiger partial charge on any atom is 0.232 e. The second kappa shape index (κ2) is 8.17. The lowest BCUT2D eigenvalue weighted by molar-refractivity contribution is -0.115. The molecule has 0 saturated heterocycles. The van der Waals surface area contributed by atoms with Crippen molar-refractivity contribution in [3.05, 3.63) is 40.3 Å². The highest BCUT2D eigenvalue weighted by atomic mass is 32.1. The standard InChI is InChI=1S/C17H18N4O2S2/c1-3-15-20-21-17(25-15)19-14(22)9-12-10-24-16(18-12)11-5-7-13(8-6-11)23-4-2/h5-8,10H,3-4,9H2,1-2H3,(H,19,21,22). The van der Waals surface area contributed by atoms with Crippen LogP contribution in [-0.2, 0) is 17.6 Å². The number of carbonyl (C=O) groups excluding carboxylic acids is 1. The molecule has 0 aliphatic rings. The Hall–Kier alpha value is -2.32. The first kappa shape index (κ1) is 17.5. The van der Waals surface area contributed by atoms with Crippen LogP contribution in [0.3, 0.4) is 0 Å². The second-order valence-electron chi connectivity index (χ2n) is 5.18. The summed E-state index contributed by atoms with van der Waals surface area (Å²) in [4.78, 5) is 16.7. The summed E-state index contributed by atoms with van der Waals surface area (Å²) in [5, 5.41) is 14.9. The van der Waals surface area contributed by atoms with Crippen LogP contribution in [0.15, 0.2) is 29.6 Å². The Kier molecular flexibility index (Phi) is 5.72. The van der Waals surface area contributed by atoms with Crippen molar-refractivity contribution in [1.29, 1.82) is 0 Å². The molecule has 130 valence electrons. The highest BCUT2D eigenvalue weighted by molar-refractivity contribution is 7.15. The quantitative estimate of drug-likeness (QED) is 0.680. The number of ether oxygens (including phenoxy) is 1. The Labute approximate surface area is 153 Å². The van der Waals surface area contributed by atoms with Crippen LogP contribution >= 0.6 is 22.7 Å². The van der Waals surface area contributed by atoms with Crippen LogP contribution in [-0.4, -0.2) is 27.7 Å². The number of benzene rings is 1. The summed E-state index contributed by atoms with van der Waals surface area (Å²) in [6.07, 6.45) is 1.03. The molecule has 3 aromatic rings. The van der Waals surface area contributed by atoms with Gasteiger partial charge in [0.05, 0.1) is 18.7 Å². The van der Waals surface area contributed by atoms with Crippen molar-refractivity contribution in [3.63, 3.8) is 0 Å². The van der Waals surface area contributed by atoms with E-state index >= 15 is 0 Å². The fourth-order valence-corrected chi connectivity index (χ4v) is 3.68. The van der Waals surface area contributed by atoms with Gasteiger partial charge in [-0.05, 0) is 37.6 Å². The summed E-state index contributed by atoms with van der Waals surface area (Å²) >= 11 is 2.92. The van der Waals surface area contributed by atoms with E-state index in [1.165, 1.54) is 22.7 Å². The smallest absolute Gasteiger partial charge is 0.232 e. The number of hydrogen-bond donors (Lipinski definition) is 1. The van der Waals surface area contributed by atoms with Crippen molar-refractivity contribution < 1.29 is 9.53 Å². The van der Waals surface area contributed by atoms with E-state index in [-0.39, 0.29) is 12.3 Å². The normalized spacial score (nSPS) is 10.6. The van der Waals surface area contributed by atoms with Crippen LogP contribution in [0, 0.1) is 0 Å². The summed E-state index contributed by atoms with van der Waals surface area (Å²) in [5.74, 6) is 0.702. The molecule has 2 heterocycles. The molecule has 0 spiro atoms. The maximum absolute atomic E-state index is 12.1. The molecule has 1 aromatic carbocycles. The van der Waals surface area contributed by atoms with Crippen molar-refractivity contribution in [1.82, 2.24) is 15.2 Å². The molecule has 6 nitrogen and oxygen atoms in total. The Morgan fingerprint density at radius 3 is 2.68 bits per heavy atom. The third-order valence-corrected chi connectivity index (χ3v) is 5.24. The number of rotatable bonds is 7. The van der Waals surface area contributed by atoms with Gasteiger partial charge in [0.25, 0.3) is 0 Å². The van der Waals surface area contributed by atoms with Gasteiger partial charge in [-0.15, -0.1) is 21.5 Å². The van der Waals surface area contributed by atoms with Gasteiger partial charge in [-0.25, -0.2) is 4.98 Å². The number of carbonyl (C=O) groups is 1. The minimum Gasteiger partial charge on any atom is -0.494 e. The molecule has 1 N–H and O–H groups in total. The summed E-state index contributed by atoms with van der Waals surface area (Å²) in [7, 11) is 0. The zero-order valence-electron chi connectivity index (χ0n) is 14.0. The van der Waals surface area contributed by atoms with Gasteiger partial charge in [-0.3, -0.25) is 4.79 Å². The number of amides is 1. The first-order chi connectivity index (χ1) is 12.2. The van der Waals surface area contributed by atoms with Crippen LogP contribution in [0.4, 0.5) is 5.13 Å². The molecule has 0 bridgehead atoms. The van der Waals surface area contributed by atoms with Gasteiger partial charge in [0.1, 0.15) is 15.8 Å². The number of anilines is 1. The molecular formula is C17H18N4O2S2. The molecule has 0 radical (unpaired) electrons. The van der Waals surface area contributed by atoms with Crippen LogP contribution in [0.5, 0.6) is 5.75 Å². The van der Waals surface area contributed by atoms with Crippen molar-refractivity contribution in [2.24, 2.45) is 0 Å². The number of aromatic nitrogens is 3. The average molecular weight is 374 g/mol. The highest BCUT2D eigenvalue weighted by Crippen LogP contribution is 2.26. The van der Waals surface area contributed by atoms with E-state index in [9.17, 15) is 4.79 Å². The fourth-order valence-electron chi connectivity index (χ4n) is 2.16. The molecule has 0 saturated carbocycles. The van der Waals surface area contributed by atoms with Crippen LogP contribution in [0.2, 0.25) is 0 Å². The molecule has 2 aromatic heterocycles. The van der Waals surface area contributed by atoms with Gasteiger partial charge in [-0.2, -0.15) is 0 Å². The molecule has 1 amide bonds. The number of nitrogens with one attached hydrogen (secondary N) is 1. The molecule has 0 atom stereocenters. The first-order valence-electron chi connectivity index (χ1n) is 7.97. The minimum absolute atomic E-state index is 0.137. The SMILES string of the molecule is CCOc1ccc(-c2nc(CC(=O)Nc3nnc(CC)s3)cs2)cc1. The highest BCUT2D eigenvalue weighted by Gasteiger charge is 2.11. The van der Waals surface area contributed by atoms with E-state index in [4.69, 9.17) is 4.74 Å². The fraction of sp³-hybridized carbons (Fsp3) is 0.294. The Morgan fingerprint density at radius 1 is 1.20 bits per heavy atom. The number of thiazole rings is 1. The molecule has 0 aliphatic carbocycles. The van der Waals surface area contributed by atoms with Gasteiger partial charge in [0.15, 0.2) is 0 Å². The van der Waals surface area contributed by atoms with Crippen molar-refractivity contribution >= 4 is 33.7 Å². The minimum atomic E-state index is -0.137. The summed E-state index contributed by atoms with van der Waals surface area (Å²) in [5.41, 5.74) is 1.75. The molecule has 3 rings (SSSR count). The second-order valence-corrected chi connectivity index (χ2v) is 7.10. The van der Waals surface area contributed by atoms with Gasteiger partial charge in [0.2, 0.25) is 11.0 Å². The molecular weight excluding hydrogens is 356 g/mol. The van der Waals surface area contributed by atoms with Crippen molar-refractivity contribution in [2.75, 3.05) is 11.9 Å². The zero-order valence-corrected chi connectivity index (χ0v) is 15.6. The number of nitrogens with zero attached hydrogens (tertiary/aromatic N) is 3. The van der Waals surface area contributed by atoms with Gasteiger partial charge < -0.3 is 10.1 Å². The third kappa shape index (κ3) is 4.61. The lowest BCUT2D eigenvalue weighted by Crippen LogP contribution is -2.14. The number of aryl methyl sites for hydroxylation is 1. The Balaban J connectivity index is 1.61.